The van der Waals surface area contributed by atoms with Crippen LogP contribution in [0.2, 0.25) is 10.0 Å². The Morgan fingerprint density at radius 1 is 0.309 bits per heavy atom. The molecule has 5 amide bonds. The van der Waals surface area contributed by atoms with Crippen LogP contribution in [0.15, 0.2) is 254 Å². The van der Waals surface area contributed by atoms with Crippen LogP contribution in [0.4, 0.5) is 17.1 Å². The number of carbonyl (C=O) groups excluding carboxylic acids is 9. The summed E-state index contributed by atoms with van der Waals surface area (Å²) in [5, 5.41) is 46.6. The van der Waals surface area contributed by atoms with E-state index in [1.54, 1.807) is 133 Å². The van der Waals surface area contributed by atoms with Crippen molar-refractivity contribution in [3.8, 4) is 22.3 Å². The van der Waals surface area contributed by atoms with Crippen molar-refractivity contribution in [2.45, 2.75) is 11.3 Å². The highest BCUT2D eigenvalue weighted by Crippen LogP contribution is 2.41. The van der Waals surface area contributed by atoms with Crippen molar-refractivity contribution in [2.75, 3.05) is 28.2 Å². The van der Waals surface area contributed by atoms with Crippen LogP contribution in [-0.4, -0.2) is 114 Å². The zero-order chi connectivity index (χ0) is 77.8. The summed E-state index contributed by atoms with van der Waals surface area (Å²) in [5.41, 5.74) is 8.68. The molecule has 24 heteroatoms. The van der Waals surface area contributed by atoms with Crippen LogP contribution in [0.3, 0.4) is 0 Å². The van der Waals surface area contributed by atoms with Gasteiger partial charge < -0.3 is 36.4 Å². The van der Waals surface area contributed by atoms with Crippen LogP contribution < -0.4 is 16.0 Å². The average Bonchev–Trinajstić information content (AvgIpc) is 1.10. The first-order valence-electron chi connectivity index (χ1n) is 33.5. The minimum absolute atomic E-state index is 0.000434. The number of carboxylic acid groups (broad SMARTS) is 4. The fourth-order valence-electron chi connectivity index (χ4n) is 13.1. The van der Waals surface area contributed by atoms with Crippen molar-refractivity contribution in [1.29, 1.82) is 0 Å². The fourth-order valence-corrected chi connectivity index (χ4v) is 14.4. The van der Waals surface area contributed by atoms with Crippen molar-refractivity contribution in [3.05, 3.63) is 353 Å². The number of nitrogens with zero attached hydrogens (tertiary/aromatic N) is 1. The number of imide groups is 1. The standard InChI is InChI=1S/C22H13NO5.C22H17NO4S.C21H11Cl2NO4.C21H13NO4/c24-19-13-5-1-2-6-14(13)20(25)18-11-12(9-10-15(18)19)23-21(26)16-7-3-4-8-17(16)22(27)28;24-20-16-9-3-6-14-7-4-10-17(19(14)16)21(25)23(20)12-5-13-28-18-11-2-1-8-15(18)22(26)27;22-17-8-15(16(21(27)28)9-18(17)23)20(26)24-10-5-6-12-11-3-1-2-4-13(11)19(25)14(12)7-10;23-19-15-6-2-1-5-13(15)14-10-9-12(11-18(14)19)22-20(24)16-7-3-4-8-17(16)21(25)26/h1-11H,(H,23,26)(H,27,28);1-4,6-11H,5,12-13H2,(H,26,27);1-9H,(H,24,26)(H,27,28);1-11H,(H,22,24)(H,25,26). The van der Waals surface area contributed by atoms with Gasteiger partial charge in [0.1, 0.15) is 0 Å². The van der Waals surface area contributed by atoms with E-state index in [9.17, 15) is 82.8 Å². The van der Waals surface area contributed by atoms with Gasteiger partial charge in [0.2, 0.25) is 0 Å². The Labute approximate surface area is 638 Å². The van der Waals surface area contributed by atoms with Gasteiger partial charge >= 0.3 is 23.9 Å². The van der Waals surface area contributed by atoms with Crippen LogP contribution >= 0.6 is 35.0 Å². The highest BCUT2D eigenvalue weighted by Gasteiger charge is 2.35. The largest absolute Gasteiger partial charge is 0.478 e. The number of amides is 5. The number of carbonyl (C=O) groups is 13. The number of aromatic carboxylic acids is 4. The molecular weight excluding hydrogens is 1460 g/mol. The first-order valence-corrected chi connectivity index (χ1v) is 35.2. The molecule has 0 unspecified atom stereocenters. The Balaban J connectivity index is 0.000000129. The lowest BCUT2D eigenvalue weighted by Gasteiger charge is -2.27. The molecule has 0 fully saturated rings. The molecule has 1 aliphatic heterocycles. The zero-order valence-electron chi connectivity index (χ0n) is 57.0. The topological polar surface area (TPSA) is 342 Å². The van der Waals surface area contributed by atoms with Gasteiger partial charge in [0.25, 0.3) is 29.5 Å². The van der Waals surface area contributed by atoms with Crippen LogP contribution in [0.25, 0.3) is 33.0 Å². The maximum atomic E-state index is 12.8. The number of hydrogen-bond donors (Lipinski definition) is 7. The third kappa shape index (κ3) is 14.8. The monoisotopic (exact) mass is 1520 g/mol. The van der Waals surface area contributed by atoms with Gasteiger partial charge in [-0.2, -0.15) is 0 Å². The average molecular weight is 1520 g/mol. The summed E-state index contributed by atoms with van der Waals surface area (Å²) in [6.45, 7) is 0.296. The first-order chi connectivity index (χ1) is 53.0. The second-order valence-corrected chi connectivity index (χ2v) is 26.8. The predicted octanol–water partition coefficient (Wildman–Crippen LogP) is 16.7. The third-order valence-corrected chi connectivity index (χ3v) is 20.1. The van der Waals surface area contributed by atoms with Crippen LogP contribution in [0.5, 0.6) is 0 Å². The van der Waals surface area contributed by atoms with Gasteiger partial charge in [-0.05, 0) is 143 Å². The second kappa shape index (κ2) is 31.6. The molecule has 4 aliphatic rings. The van der Waals surface area contributed by atoms with Crippen molar-refractivity contribution in [2.24, 2.45) is 0 Å². The lowest BCUT2D eigenvalue weighted by Crippen LogP contribution is -2.41. The fraction of sp³-hybridized carbons (Fsp3) is 0.0349. The molecule has 0 spiro atoms. The van der Waals surface area contributed by atoms with E-state index in [1.165, 1.54) is 71.3 Å². The molecule has 0 aromatic heterocycles. The summed E-state index contributed by atoms with van der Waals surface area (Å²) < 4.78 is 0. The lowest BCUT2D eigenvalue weighted by molar-refractivity contribution is 0.0605. The zero-order valence-corrected chi connectivity index (χ0v) is 59.3. The molecule has 0 saturated carbocycles. The molecule has 0 atom stereocenters. The molecule has 0 radical (unpaired) electrons. The van der Waals surface area contributed by atoms with Gasteiger partial charge in [0, 0.05) is 89.5 Å². The number of ketones is 4. The minimum Gasteiger partial charge on any atom is -0.478 e. The third-order valence-electron chi connectivity index (χ3n) is 18.2. The van der Waals surface area contributed by atoms with E-state index >= 15 is 0 Å². The minimum atomic E-state index is -1.30. The maximum absolute atomic E-state index is 12.8. The van der Waals surface area contributed by atoms with Crippen molar-refractivity contribution in [1.82, 2.24) is 4.90 Å². The molecule has 1 heterocycles. The smallest absolute Gasteiger partial charge is 0.336 e. The quantitative estimate of drug-likeness (QED) is 0.0285. The van der Waals surface area contributed by atoms with E-state index in [0.717, 1.165) is 39.1 Å². The lowest BCUT2D eigenvalue weighted by atomic mass is 9.84. The summed E-state index contributed by atoms with van der Waals surface area (Å²) in [6, 6.07) is 67.7. The Bertz CT molecular complexity index is 5960. The molecule has 3 aliphatic carbocycles. The van der Waals surface area contributed by atoms with E-state index in [1.807, 2.05) is 54.6 Å². The molecule has 21 nitrogen and oxygen atoms in total. The Hall–Kier alpha value is -14.1. The Morgan fingerprint density at radius 2 is 0.618 bits per heavy atom. The van der Waals surface area contributed by atoms with Crippen LogP contribution in [0, 0.1) is 0 Å². The van der Waals surface area contributed by atoms with Gasteiger partial charge in [-0.1, -0.05) is 169 Å². The molecular formula is C86H54Cl2N4O17S. The Kier molecular flexibility index (Phi) is 21.3. The summed E-state index contributed by atoms with van der Waals surface area (Å²) in [6.07, 6.45) is 0.578. The molecule has 0 saturated heterocycles. The summed E-state index contributed by atoms with van der Waals surface area (Å²) >= 11 is 13.2. The summed E-state index contributed by atoms with van der Waals surface area (Å²) in [4.78, 5) is 161. The molecule has 7 N–H and O–H groups in total. The van der Waals surface area contributed by atoms with E-state index < -0.39 is 41.6 Å². The number of hydrogen-bond acceptors (Lipinski definition) is 14. The second-order valence-electron chi connectivity index (χ2n) is 24.9. The number of anilines is 3. The molecule has 12 aromatic carbocycles. The molecule has 16 rings (SSSR count). The number of thioether (sulfide) groups is 1. The summed E-state index contributed by atoms with van der Waals surface area (Å²) in [7, 11) is 0. The van der Waals surface area contributed by atoms with Crippen molar-refractivity contribution >= 4 is 139 Å². The van der Waals surface area contributed by atoms with Gasteiger partial charge in [-0.15, -0.1) is 11.8 Å². The molecule has 12 aromatic rings. The number of halogens is 2. The molecule has 540 valence electrons. The van der Waals surface area contributed by atoms with E-state index in [-0.39, 0.29) is 95.1 Å². The van der Waals surface area contributed by atoms with Crippen molar-refractivity contribution < 1.29 is 82.8 Å². The molecule has 110 heavy (non-hydrogen) atoms. The van der Waals surface area contributed by atoms with Crippen LogP contribution in [-0.2, 0) is 0 Å². The Morgan fingerprint density at radius 3 is 1.05 bits per heavy atom. The number of rotatable bonds is 15. The normalized spacial score (nSPS) is 12.2. The number of carboxylic acids is 4. The van der Waals surface area contributed by atoms with Crippen molar-refractivity contribution in [3.63, 3.8) is 0 Å². The number of benzene rings is 12. The number of nitrogens with one attached hydrogen (secondary N) is 3. The van der Waals surface area contributed by atoms with Gasteiger partial charge in [0.05, 0.1) is 49.0 Å². The van der Waals surface area contributed by atoms with Gasteiger partial charge in [0.15, 0.2) is 23.1 Å². The number of fused-ring (bicyclic) bond motifs is 8. The predicted molar refractivity (Wildman–Crippen MR) is 413 cm³/mol. The van der Waals surface area contributed by atoms with Crippen LogP contribution in [0.1, 0.15) is 163 Å². The maximum Gasteiger partial charge on any atom is 0.336 e. The summed E-state index contributed by atoms with van der Waals surface area (Å²) in [5.74, 6) is -7.17. The van der Waals surface area contributed by atoms with E-state index in [0.29, 0.717) is 85.2 Å². The molecule has 0 bridgehead atoms. The highest BCUT2D eigenvalue weighted by atomic mass is 35.5. The first kappa shape index (κ1) is 74.2. The van der Waals surface area contributed by atoms with Gasteiger partial charge in [-0.25, -0.2) is 19.2 Å². The SMILES string of the molecule is O=C(O)c1cc(Cl)c(Cl)cc1C(=O)Nc1ccc2c(c1)C(=O)c1ccccc1-2.O=C(O)c1ccccc1C(=O)Nc1ccc2c(c1)C(=O)c1ccccc1-2.O=C(O)c1ccccc1C(=O)Nc1ccc2c(c1)C(=O)c1ccccc1C2=O.O=C(O)c1ccccc1SCCCN1C(=O)c2cccc3cccc(c23)C1=O. The van der Waals surface area contributed by atoms with E-state index in [4.69, 9.17) is 23.2 Å². The highest BCUT2D eigenvalue weighted by molar-refractivity contribution is 7.99. The van der Waals surface area contributed by atoms with E-state index in [2.05, 4.69) is 16.0 Å². The van der Waals surface area contributed by atoms with Gasteiger partial charge in [-0.3, -0.25) is 48.1 Å².